The molecule has 1 aromatic carbocycles. The summed E-state index contributed by atoms with van der Waals surface area (Å²) in [6.45, 7) is 3.60. The second-order valence-corrected chi connectivity index (χ2v) is 4.84. The van der Waals surface area contributed by atoms with E-state index in [1.807, 2.05) is 19.2 Å². The molecule has 0 saturated heterocycles. The Morgan fingerprint density at radius 2 is 2.12 bits per heavy atom. The molecule has 4 heteroatoms. The minimum Gasteiger partial charge on any atom is -0.380 e. The SMILES string of the molecule is CCCOCC(Cc1ccc(Cl)cc1Cl)NC. The second-order valence-electron chi connectivity index (χ2n) is 4.00. The molecule has 0 saturated carbocycles. The fourth-order valence-electron chi connectivity index (χ4n) is 1.57. The van der Waals surface area contributed by atoms with Crippen molar-refractivity contribution in [2.45, 2.75) is 25.8 Å². The topological polar surface area (TPSA) is 21.3 Å². The highest BCUT2D eigenvalue weighted by atomic mass is 35.5. The van der Waals surface area contributed by atoms with Gasteiger partial charge in [0, 0.05) is 22.7 Å². The lowest BCUT2D eigenvalue weighted by Gasteiger charge is -2.17. The van der Waals surface area contributed by atoms with Crippen molar-refractivity contribution in [3.63, 3.8) is 0 Å². The van der Waals surface area contributed by atoms with Crippen molar-refractivity contribution < 1.29 is 4.74 Å². The van der Waals surface area contributed by atoms with Crippen LogP contribution in [0.15, 0.2) is 18.2 Å². The van der Waals surface area contributed by atoms with Crippen LogP contribution in [0.2, 0.25) is 10.0 Å². The van der Waals surface area contributed by atoms with Gasteiger partial charge >= 0.3 is 0 Å². The Morgan fingerprint density at radius 3 is 2.71 bits per heavy atom. The lowest BCUT2D eigenvalue weighted by Crippen LogP contribution is -2.32. The zero-order chi connectivity index (χ0) is 12.7. The summed E-state index contributed by atoms with van der Waals surface area (Å²) in [6, 6.07) is 5.88. The van der Waals surface area contributed by atoms with E-state index < -0.39 is 0 Å². The number of hydrogen-bond acceptors (Lipinski definition) is 2. The van der Waals surface area contributed by atoms with E-state index >= 15 is 0 Å². The van der Waals surface area contributed by atoms with E-state index in [9.17, 15) is 0 Å². The average Bonchev–Trinajstić information content (AvgIpc) is 2.31. The molecule has 0 fully saturated rings. The Bertz CT molecular complexity index is 344. The maximum Gasteiger partial charge on any atom is 0.0622 e. The summed E-state index contributed by atoms with van der Waals surface area (Å²) in [5.74, 6) is 0. The molecular formula is C13H19Cl2NO. The van der Waals surface area contributed by atoms with Crippen LogP contribution in [0.3, 0.4) is 0 Å². The zero-order valence-electron chi connectivity index (χ0n) is 10.3. The monoisotopic (exact) mass is 275 g/mol. The first-order valence-corrected chi connectivity index (χ1v) is 6.62. The molecule has 1 rings (SSSR count). The first kappa shape index (κ1) is 14.8. The number of rotatable bonds is 7. The van der Waals surface area contributed by atoms with Crippen LogP contribution in [0.4, 0.5) is 0 Å². The molecular weight excluding hydrogens is 257 g/mol. The Kier molecular flexibility index (Phi) is 6.90. The van der Waals surface area contributed by atoms with Gasteiger partial charge in [0.05, 0.1) is 6.61 Å². The summed E-state index contributed by atoms with van der Waals surface area (Å²) < 4.78 is 5.54. The maximum absolute atomic E-state index is 6.14. The average molecular weight is 276 g/mol. The number of nitrogens with one attached hydrogen (secondary N) is 1. The van der Waals surface area contributed by atoms with Gasteiger partial charge in [-0.15, -0.1) is 0 Å². The predicted molar refractivity (Wildman–Crippen MR) is 74.1 cm³/mol. The minimum atomic E-state index is 0.278. The van der Waals surface area contributed by atoms with Crippen LogP contribution in [0, 0.1) is 0 Å². The summed E-state index contributed by atoms with van der Waals surface area (Å²) in [5, 5.41) is 4.62. The van der Waals surface area contributed by atoms with Gasteiger partial charge in [0.15, 0.2) is 0 Å². The molecule has 2 nitrogen and oxygen atoms in total. The summed E-state index contributed by atoms with van der Waals surface area (Å²) in [5.41, 5.74) is 1.09. The van der Waals surface area contributed by atoms with E-state index in [2.05, 4.69) is 12.2 Å². The van der Waals surface area contributed by atoms with E-state index in [4.69, 9.17) is 27.9 Å². The van der Waals surface area contributed by atoms with Crippen LogP contribution in [0.1, 0.15) is 18.9 Å². The third kappa shape index (κ3) is 5.26. The van der Waals surface area contributed by atoms with Crippen LogP contribution in [-0.4, -0.2) is 26.3 Å². The third-order valence-corrected chi connectivity index (χ3v) is 3.14. The summed E-state index contributed by atoms with van der Waals surface area (Å²) >= 11 is 12.0. The Balaban J connectivity index is 2.54. The van der Waals surface area contributed by atoms with Crippen molar-refractivity contribution in [3.8, 4) is 0 Å². The van der Waals surface area contributed by atoms with E-state index in [0.29, 0.717) is 16.7 Å². The predicted octanol–water partition coefficient (Wildman–Crippen LogP) is 3.55. The molecule has 1 atom stereocenters. The smallest absolute Gasteiger partial charge is 0.0622 e. The summed E-state index contributed by atoms with van der Waals surface area (Å²) in [4.78, 5) is 0. The van der Waals surface area contributed by atoms with Gasteiger partial charge < -0.3 is 10.1 Å². The summed E-state index contributed by atoms with van der Waals surface area (Å²) in [6.07, 6.45) is 1.88. The van der Waals surface area contributed by atoms with Crippen LogP contribution in [0.5, 0.6) is 0 Å². The Labute approximate surface area is 113 Å². The standard InChI is InChI=1S/C13H19Cl2NO/c1-3-6-17-9-12(16-2)7-10-4-5-11(14)8-13(10)15/h4-5,8,12,16H,3,6-7,9H2,1-2H3. The Hall–Kier alpha value is -0.280. The molecule has 1 unspecified atom stereocenters. The number of likely N-dealkylation sites (N-methyl/N-ethyl adjacent to an activating group) is 1. The first-order valence-electron chi connectivity index (χ1n) is 5.86. The molecule has 0 amide bonds. The van der Waals surface area contributed by atoms with Crippen molar-refractivity contribution in [1.82, 2.24) is 5.32 Å². The molecule has 0 aliphatic heterocycles. The zero-order valence-corrected chi connectivity index (χ0v) is 11.8. The van der Waals surface area contributed by atoms with Gasteiger partial charge in [-0.05, 0) is 37.6 Å². The highest BCUT2D eigenvalue weighted by molar-refractivity contribution is 6.35. The van der Waals surface area contributed by atoms with E-state index in [1.54, 1.807) is 6.07 Å². The summed E-state index contributed by atoms with van der Waals surface area (Å²) in [7, 11) is 1.93. The second kappa shape index (κ2) is 7.93. The number of ether oxygens (including phenoxy) is 1. The molecule has 1 N–H and O–H groups in total. The van der Waals surface area contributed by atoms with Gasteiger partial charge in [0.2, 0.25) is 0 Å². The van der Waals surface area contributed by atoms with Crippen LogP contribution in [0.25, 0.3) is 0 Å². The highest BCUT2D eigenvalue weighted by Crippen LogP contribution is 2.22. The molecule has 1 aromatic rings. The van der Waals surface area contributed by atoms with E-state index in [1.165, 1.54) is 0 Å². The van der Waals surface area contributed by atoms with Crippen molar-refractivity contribution in [2.75, 3.05) is 20.3 Å². The highest BCUT2D eigenvalue weighted by Gasteiger charge is 2.10. The van der Waals surface area contributed by atoms with Gasteiger partial charge in [0.25, 0.3) is 0 Å². The van der Waals surface area contributed by atoms with Crippen molar-refractivity contribution in [2.24, 2.45) is 0 Å². The molecule has 0 aliphatic rings. The van der Waals surface area contributed by atoms with Gasteiger partial charge in [0.1, 0.15) is 0 Å². The van der Waals surface area contributed by atoms with Crippen molar-refractivity contribution in [1.29, 1.82) is 0 Å². The van der Waals surface area contributed by atoms with Crippen LogP contribution < -0.4 is 5.32 Å². The number of hydrogen-bond donors (Lipinski definition) is 1. The van der Waals surface area contributed by atoms with Gasteiger partial charge in [-0.1, -0.05) is 36.2 Å². The molecule has 0 aliphatic carbocycles. The molecule has 0 radical (unpaired) electrons. The van der Waals surface area contributed by atoms with Gasteiger partial charge in [-0.25, -0.2) is 0 Å². The lowest BCUT2D eigenvalue weighted by atomic mass is 10.1. The fraction of sp³-hybridized carbons (Fsp3) is 0.538. The van der Waals surface area contributed by atoms with E-state index in [0.717, 1.165) is 25.0 Å². The van der Waals surface area contributed by atoms with E-state index in [-0.39, 0.29) is 6.04 Å². The lowest BCUT2D eigenvalue weighted by molar-refractivity contribution is 0.114. The Morgan fingerprint density at radius 1 is 1.35 bits per heavy atom. The molecule has 96 valence electrons. The van der Waals surface area contributed by atoms with Crippen molar-refractivity contribution in [3.05, 3.63) is 33.8 Å². The first-order chi connectivity index (χ1) is 8.17. The molecule has 17 heavy (non-hydrogen) atoms. The largest absolute Gasteiger partial charge is 0.380 e. The maximum atomic E-state index is 6.14. The van der Waals surface area contributed by atoms with Gasteiger partial charge in [-0.3, -0.25) is 0 Å². The quantitative estimate of drug-likeness (QED) is 0.769. The number of halogens is 2. The normalized spacial score (nSPS) is 12.7. The molecule has 0 spiro atoms. The molecule has 0 aromatic heterocycles. The fourth-order valence-corrected chi connectivity index (χ4v) is 2.05. The molecule has 0 heterocycles. The minimum absolute atomic E-state index is 0.278. The third-order valence-electron chi connectivity index (χ3n) is 2.56. The molecule has 0 bridgehead atoms. The van der Waals surface area contributed by atoms with Gasteiger partial charge in [-0.2, -0.15) is 0 Å². The van der Waals surface area contributed by atoms with Crippen LogP contribution >= 0.6 is 23.2 Å². The van der Waals surface area contributed by atoms with Crippen molar-refractivity contribution >= 4 is 23.2 Å². The van der Waals surface area contributed by atoms with Crippen LogP contribution in [-0.2, 0) is 11.2 Å². The number of benzene rings is 1.